The molecule has 136 valence electrons. The highest BCUT2D eigenvalue weighted by Crippen LogP contribution is 2.49. The molecule has 2 heterocycles. The molecule has 2 aromatic carbocycles. The lowest BCUT2D eigenvalue weighted by molar-refractivity contribution is -0.0381. The highest BCUT2D eigenvalue weighted by molar-refractivity contribution is 5.90. The molecule has 1 N–H and O–H groups in total. The second-order valence-electron chi connectivity index (χ2n) is 6.79. The number of hydrogen-bond acceptors (Lipinski definition) is 4. The zero-order valence-corrected chi connectivity index (χ0v) is 14.7. The molecule has 3 atom stereocenters. The third-order valence-corrected chi connectivity index (χ3v) is 5.21. The molecule has 0 unspecified atom stereocenters. The van der Waals surface area contributed by atoms with Crippen LogP contribution in [0.1, 0.15) is 53.4 Å². The van der Waals surface area contributed by atoms with E-state index >= 15 is 0 Å². The number of nitrogens with one attached hydrogen (secondary N) is 1. The van der Waals surface area contributed by atoms with Gasteiger partial charge in [-0.1, -0.05) is 12.1 Å². The van der Waals surface area contributed by atoms with E-state index in [0.29, 0.717) is 18.8 Å². The van der Waals surface area contributed by atoms with Crippen LogP contribution in [0.2, 0.25) is 0 Å². The number of hydrogen-bond donors (Lipinski definition) is 1. The van der Waals surface area contributed by atoms with Crippen molar-refractivity contribution < 1.29 is 18.7 Å². The summed E-state index contributed by atoms with van der Waals surface area (Å²) in [7, 11) is 0. The molecule has 4 nitrogen and oxygen atoms in total. The van der Waals surface area contributed by atoms with Gasteiger partial charge in [-0.25, -0.2) is 9.18 Å². The second kappa shape index (κ2) is 7.08. The van der Waals surface area contributed by atoms with E-state index in [9.17, 15) is 9.18 Å². The SMILES string of the molecule is CCOC(=O)c1ccc2c(c1)[C@@H]1OCCC[C@@H]1[C@H](c1ccc(F)cc1)N2. The van der Waals surface area contributed by atoms with Crippen LogP contribution in [0.3, 0.4) is 0 Å². The Morgan fingerprint density at radius 2 is 2.08 bits per heavy atom. The van der Waals surface area contributed by atoms with Gasteiger partial charge in [0.1, 0.15) is 5.82 Å². The topological polar surface area (TPSA) is 47.6 Å². The first-order valence-corrected chi connectivity index (χ1v) is 9.12. The van der Waals surface area contributed by atoms with E-state index < -0.39 is 0 Å². The van der Waals surface area contributed by atoms with Crippen molar-refractivity contribution in [3.05, 3.63) is 65.0 Å². The zero-order valence-electron chi connectivity index (χ0n) is 14.7. The number of benzene rings is 2. The maximum absolute atomic E-state index is 13.3. The predicted octanol–water partition coefficient (Wildman–Crippen LogP) is 4.64. The third kappa shape index (κ3) is 3.07. The van der Waals surface area contributed by atoms with E-state index in [1.54, 1.807) is 13.0 Å². The van der Waals surface area contributed by atoms with Crippen LogP contribution in [0.4, 0.5) is 10.1 Å². The highest BCUT2D eigenvalue weighted by Gasteiger charge is 2.40. The van der Waals surface area contributed by atoms with Crippen molar-refractivity contribution in [2.45, 2.75) is 31.9 Å². The molecular formula is C21H22FNO3. The number of halogens is 1. The Hall–Kier alpha value is -2.40. The average molecular weight is 355 g/mol. The summed E-state index contributed by atoms with van der Waals surface area (Å²) in [5, 5.41) is 3.58. The van der Waals surface area contributed by atoms with E-state index in [-0.39, 0.29) is 29.9 Å². The fourth-order valence-corrected chi connectivity index (χ4v) is 4.01. The molecule has 0 spiro atoms. The van der Waals surface area contributed by atoms with Crippen molar-refractivity contribution in [1.82, 2.24) is 0 Å². The molecule has 4 rings (SSSR count). The Morgan fingerprint density at radius 3 is 2.85 bits per heavy atom. The number of fused-ring (bicyclic) bond motifs is 3. The van der Waals surface area contributed by atoms with Crippen molar-refractivity contribution in [2.75, 3.05) is 18.5 Å². The van der Waals surface area contributed by atoms with E-state index in [1.807, 2.05) is 24.3 Å². The first-order chi connectivity index (χ1) is 12.7. The van der Waals surface area contributed by atoms with Gasteiger partial charge in [0.25, 0.3) is 0 Å². The monoisotopic (exact) mass is 355 g/mol. The minimum atomic E-state index is -0.316. The van der Waals surface area contributed by atoms with E-state index in [4.69, 9.17) is 9.47 Å². The molecule has 5 heteroatoms. The molecular weight excluding hydrogens is 333 g/mol. The van der Waals surface area contributed by atoms with Gasteiger partial charge in [-0.2, -0.15) is 0 Å². The normalized spacial score (nSPS) is 24.2. The van der Waals surface area contributed by atoms with Crippen LogP contribution in [-0.4, -0.2) is 19.2 Å². The number of carbonyl (C=O) groups excluding carboxylic acids is 1. The largest absolute Gasteiger partial charge is 0.462 e. The molecule has 0 aliphatic carbocycles. The average Bonchev–Trinajstić information content (AvgIpc) is 2.68. The minimum absolute atomic E-state index is 0.0573. The fraction of sp³-hybridized carbons (Fsp3) is 0.381. The lowest BCUT2D eigenvalue weighted by atomic mass is 9.77. The molecule has 0 aromatic heterocycles. The maximum atomic E-state index is 13.3. The van der Waals surface area contributed by atoms with Crippen molar-refractivity contribution >= 4 is 11.7 Å². The molecule has 0 radical (unpaired) electrons. The Balaban J connectivity index is 1.71. The van der Waals surface area contributed by atoms with Crippen molar-refractivity contribution in [3.63, 3.8) is 0 Å². The van der Waals surface area contributed by atoms with E-state index in [0.717, 1.165) is 29.7 Å². The quantitative estimate of drug-likeness (QED) is 0.815. The van der Waals surface area contributed by atoms with Gasteiger partial charge in [-0.05, 0) is 55.7 Å². The fourth-order valence-electron chi connectivity index (χ4n) is 4.01. The number of carbonyl (C=O) groups is 1. The van der Waals surface area contributed by atoms with E-state index in [2.05, 4.69) is 5.32 Å². The van der Waals surface area contributed by atoms with Gasteiger partial charge in [0, 0.05) is 23.8 Å². The molecule has 2 aliphatic rings. The number of anilines is 1. The molecule has 0 bridgehead atoms. The summed E-state index contributed by atoms with van der Waals surface area (Å²) in [5.41, 5.74) is 3.54. The molecule has 2 aliphatic heterocycles. The van der Waals surface area contributed by atoms with Crippen LogP contribution in [0.25, 0.3) is 0 Å². The summed E-state index contributed by atoms with van der Waals surface area (Å²) in [6.07, 6.45) is 1.93. The molecule has 2 aromatic rings. The first kappa shape index (κ1) is 17.0. The van der Waals surface area contributed by atoms with Crippen molar-refractivity contribution in [3.8, 4) is 0 Å². The summed E-state index contributed by atoms with van der Waals surface area (Å²) in [5.74, 6) is -0.317. The Bertz CT molecular complexity index is 805. The smallest absolute Gasteiger partial charge is 0.338 e. The molecule has 0 saturated carbocycles. The highest BCUT2D eigenvalue weighted by atomic mass is 19.1. The zero-order chi connectivity index (χ0) is 18.1. The predicted molar refractivity (Wildman–Crippen MR) is 96.6 cm³/mol. The Labute approximate surface area is 152 Å². The number of esters is 1. The van der Waals surface area contributed by atoms with Gasteiger partial charge in [0.2, 0.25) is 0 Å². The van der Waals surface area contributed by atoms with E-state index in [1.165, 1.54) is 12.1 Å². The summed E-state index contributed by atoms with van der Waals surface area (Å²) >= 11 is 0. The maximum Gasteiger partial charge on any atom is 0.338 e. The summed E-state index contributed by atoms with van der Waals surface area (Å²) < 4.78 is 24.6. The van der Waals surface area contributed by atoms with Crippen LogP contribution >= 0.6 is 0 Å². The summed E-state index contributed by atoms with van der Waals surface area (Å²) in [6.45, 7) is 2.86. The van der Waals surface area contributed by atoms with Crippen LogP contribution < -0.4 is 5.32 Å². The Kier molecular flexibility index (Phi) is 4.64. The van der Waals surface area contributed by atoms with Gasteiger partial charge in [0.05, 0.1) is 24.3 Å². The van der Waals surface area contributed by atoms with Gasteiger partial charge >= 0.3 is 5.97 Å². The van der Waals surface area contributed by atoms with Crippen molar-refractivity contribution in [1.29, 1.82) is 0 Å². The van der Waals surface area contributed by atoms with Crippen LogP contribution in [0, 0.1) is 11.7 Å². The van der Waals surface area contributed by atoms with Crippen LogP contribution in [-0.2, 0) is 9.47 Å². The summed E-state index contributed by atoms with van der Waals surface area (Å²) in [4.78, 5) is 12.1. The lowest BCUT2D eigenvalue weighted by Gasteiger charge is -2.43. The molecule has 1 saturated heterocycles. The van der Waals surface area contributed by atoms with Gasteiger partial charge in [-0.15, -0.1) is 0 Å². The minimum Gasteiger partial charge on any atom is -0.462 e. The third-order valence-electron chi connectivity index (χ3n) is 5.21. The molecule has 26 heavy (non-hydrogen) atoms. The lowest BCUT2D eigenvalue weighted by Crippen LogP contribution is -2.36. The Morgan fingerprint density at radius 1 is 1.27 bits per heavy atom. The van der Waals surface area contributed by atoms with Crippen LogP contribution in [0.5, 0.6) is 0 Å². The van der Waals surface area contributed by atoms with Gasteiger partial charge < -0.3 is 14.8 Å². The molecule has 0 amide bonds. The van der Waals surface area contributed by atoms with Crippen molar-refractivity contribution in [2.24, 2.45) is 5.92 Å². The second-order valence-corrected chi connectivity index (χ2v) is 6.79. The number of ether oxygens (including phenoxy) is 2. The van der Waals surface area contributed by atoms with Gasteiger partial charge in [-0.3, -0.25) is 0 Å². The van der Waals surface area contributed by atoms with Crippen LogP contribution in [0.15, 0.2) is 42.5 Å². The standard InChI is InChI=1S/C21H22FNO3/c1-2-25-21(24)14-7-10-18-17(12-14)20-16(4-3-11-26-20)19(23-18)13-5-8-15(22)9-6-13/h5-10,12,16,19-20,23H,2-4,11H2,1H3/t16-,19+,20-/m1/s1. The molecule has 1 fully saturated rings. The first-order valence-electron chi connectivity index (χ1n) is 9.12. The number of rotatable bonds is 3. The van der Waals surface area contributed by atoms with Gasteiger partial charge in [0.15, 0.2) is 0 Å². The summed E-state index contributed by atoms with van der Waals surface area (Å²) in [6, 6.07) is 12.3.